The van der Waals surface area contributed by atoms with Crippen LogP contribution in [0.4, 0.5) is 5.69 Å². The first-order chi connectivity index (χ1) is 15.0. The van der Waals surface area contributed by atoms with Gasteiger partial charge >= 0.3 is 11.9 Å². The van der Waals surface area contributed by atoms with Crippen molar-refractivity contribution in [3.05, 3.63) is 101 Å². The Labute approximate surface area is 180 Å². The van der Waals surface area contributed by atoms with E-state index in [1.54, 1.807) is 0 Å². The minimum atomic E-state index is -0.618. The molecule has 0 unspecified atom stereocenters. The van der Waals surface area contributed by atoms with Gasteiger partial charge in [-0.15, -0.1) is 0 Å². The van der Waals surface area contributed by atoms with Crippen LogP contribution in [0.1, 0.15) is 44.2 Å². The van der Waals surface area contributed by atoms with E-state index >= 15 is 0 Å². The van der Waals surface area contributed by atoms with Crippen LogP contribution in [0.5, 0.6) is 0 Å². The summed E-state index contributed by atoms with van der Waals surface area (Å²) in [4.78, 5) is 36.9. The highest BCUT2D eigenvalue weighted by molar-refractivity contribution is 5.99. The van der Waals surface area contributed by atoms with Crippen LogP contribution in [0.2, 0.25) is 0 Å². The highest BCUT2D eigenvalue weighted by atomic mass is 16.5. The SMILES string of the molecule is COC(=O)c1cc(NC(=O)CC(c2ccccc2)c2ccccc2)cc(C(=O)OC)c1. The van der Waals surface area contributed by atoms with E-state index < -0.39 is 11.9 Å². The summed E-state index contributed by atoms with van der Waals surface area (Å²) in [7, 11) is 2.49. The van der Waals surface area contributed by atoms with Gasteiger partial charge in [0, 0.05) is 18.0 Å². The number of carbonyl (C=O) groups is 3. The van der Waals surface area contributed by atoms with E-state index in [0.717, 1.165) is 11.1 Å². The maximum absolute atomic E-state index is 12.9. The van der Waals surface area contributed by atoms with Crippen molar-refractivity contribution < 1.29 is 23.9 Å². The van der Waals surface area contributed by atoms with Crippen molar-refractivity contribution in [1.29, 1.82) is 0 Å². The monoisotopic (exact) mass is 417 g/mol. The summed E-state index contributed by atoms with van der Waals surface area (Å²) in [5.41, 5.74) is 2.63. The van der Waals surface area contributed by atoms with Crippen LogP contribution in [-0.4, -0.2) is 32.1 Å². The minimum absolute atomic E-state index is 0.142. The first kappa shape index (κ1) is 21.8. The van der Waals surface area contributed by atoms with Crippen LogP contribution < -0.4 is 5.32 Å². The molecule has 31 heavy (non-hydrogen) atoms. The maximum Gasteiger partial charge on any atom is 0.337 e. The van der Waals surface area contributed by atoms with Crippen molar-refractivity contribution in [3.8, 4) is 0 Å². The molecule has 0 heterocycles. The zero-order valence-electron chi connectivity index (χ0n) is 17.3. The summed E-state index contributed by atoms with van der Waals surface area (Å²) in [5, 5.41) is 2.80. The molecule has 0 bridgehead atoms. The molecule has 3 aromatic carbocycles. The number of carbonyl (C=O) groups excluding carboxylic acids is 3. The fourth-order valence-electron chi connectivity index (χ4n) is 3.37. The Morgan fingerprint density at radius 2 is 1.19 bits per heavy atom. The van der Waals surface area contributed by atoms with Crippen LogP contribution in [0, 0.1) is 0 Å². The quantitative estimate of drug-likeness (QED) is 0.576. The van der Waals surface area contributed by atoms with E-state index in [4.69, 9.17) is 9.47 Å². The summed E-state index contributed by atoms with van der Waals surface area (Å²) in [6, 6.07) is 23.8. The Morgan fingerprint density at radius 1 is 0.742 bits per heavy atom. The average molecular weight is 417 g/mol. The smallest absolute Gasteiger partial charge is 0.337 e. The van der Waals surface area contributed by atoms with Gasteiger partial charge in [-0.1, -0.05) is 60.7 Å². The zero-order chi connectivity index (χ0) is 22.2. The highest BCUT2D eigenvalue weighted by Gasteiger charge is 2.20. The van der Waals surface area contributed by atoms with Crippen molar-refractivity contribution in [2.45, 2.75) is 12.3 Å². The fraction of sp³-hybridized carbons (Fsp3) is 0.160. The average Bonchev–Trinajstić information content (AvgIpc) is 2.82. The molecule has 0 aromatic heterocycles. The van der Waals surface area contributed by atoms with Gasteiger partial charge in [0.1, 0.15) is 0 Å². The molecular weight excluding hydrogens is 394 g/mol. The molecule has 3 rings (SSSR count). The third kappa shape index (κ3) is 5.57. The van der Waals surface area contributed by atoms with Gasteiger partial charge in [0.2, 0.25) is 5.91 Å². The van der Waals surface area contributed by atoms with Crippen LogP contribution in [0.25, 0.3) is 0 Å². The second-order valence-electron chi connectivity index (χ2n) is 6.91. The molecule has 6 heteroatoms. The number of esters is 2. The van der Waals surface area contributed by atoms with Crippen molar-refractivity contribution in [2.75, 3.05) is 19.5 Å². The number of nitrogens with one attached hydrogen (secondary N) is 1. The summed E-state index contributed by atoms with van der Waals surface area (Å²) >= 11 is 0. The van der Waals surface area contributed by atoms with Crippen LogP contribution in [0.3, 0.4) is 0 Å². The molecule has 1 N–H and O–H groups in total. The molecular formula is C25H23NO5. The first-order valence-corrected chi connectivity index (χ1v) is 9.73. The number of rotatable bonds is 7. The molecule has 0 saturated heterocycles. The Balaban J connectivity index is 1.87. The summed E-state index contributed by atoms with van der Waals surface area (Å²) in [6.45, 7) is 0. The Morgan fingerprint density at radius 3 is 1.61 bits per heavy atom. The standard InChI is InChI=1S/C25H23NO5/c1-30-24(28)19-13-20(25(29)31-2)15-21(14-19)26-23(27)16-22(17-9-5-3-6-10-17)18-11-7-4-8-12-18/h3-15,22H,16H2,1-2H3,(H,26,27). The lowest BCUT2D eigenvalue weighted by molar-refractivity contribution is -0.116. The van der Waals surface area contributed by atoms with Gasteiger partial charge in [-0.2, -0.15) is 0 Å². The molecule has 158 valence electrons. The molecule has 1 amide bonds. The van der Waals surface area contributed by atoms with Crippen LogP contribution >= 0.6 is 0 Å². The number of hydrogen-bond donors (Lipinski definition) is 1. The highest BCUT2D eigenvalue weighted by Crippen LogP contribution is 2.28. The molecule has 3 aromatic rings. The molecule has 0 spiro atoms. The van der Waals surface area contributed by atoms with Crippen molar-refractivity contribution >= 4 is 23.5 Å². The predicted octanol–water partition coefficient (Wildman–Crippen LogP) is 4.42. The topological polar surface area (TPSA) is 81.7 Å². The predicted molar refractivity (Wildman–Crippen MR) is 117 cm³/mol. The van der Waals surface area contributed by atoms with Gasteiger partial charge in [0.25, 0.3) is 0 Å². The number of ether oxygens (including phenoxy) is 2. The van der Waals surface area contributed by atoms with Crippen LogP contribution in [-0.2, 0) is 14.3 Å². The van der Waals surface area contributed by atoms with Gasteiger partial charge in [0.05, 0.1) is 25.3 Å². The normalized spacial score (nSPS) is 10.4. The van der Waals surface area contributed by atoms with Crippen molar-refractivity contribution in [3.63, 3.8) is 0 Å². The fourth-order valence-corrected chi connectivity index (χ4v) is 3.37. The lowest BCUT2D eigenvalue weighted by atomic mass is 9.88. The van der Waals surface area contributed by atoms with Gasteiger partial charge in [-0.25, -0.2) is 9.59 Å². The lowest BCUT2D eigenvalue weighted by Gasteiger charge is -2.18. The molecule has 6 nitrogen and oxygen atoms in total. The van der Waals surface area contributed by atoms with E-state index in [0.29, 0.717) is 5.69 Å². The number of hydrogen-bond acceptors (Lipinski definition) is 5. The lowest BCUT2D eigenvalue weighted by Crippen LogP contribution is -2.17. The van der Waals surface area contributed by atoms with E-state index in [9.17, 15) is 14.4 Å². The first-order valence-electron chi connectivity index (χ1n) is 9.73. The van der Waals surface area contributed by atoms with Gasteiger partial charge in [-0.05, 0) is 29.3 Å². The summed E-state index contributed by atoms with van der Waals surface area (Å²) in [5.74, 6) is -1.64. The van der Waals surface area contributed by atoms with E-state index in [-0.39, 0.29) is 29.4 Å². The van der Waals surface area contributed by atoms with Gasteiger partial charge < -0.3 is 14.8 Å². The summed E-state index contributed by atoms with van der Waals surface area (Å²) in [6.07, 6.45) is 0.185. The van der Waals surface area contributed by atoms with E-state index in [1.807, 2.05) is 60.7 Å². The largest absolute Gasteiger partial charge is 0.465 e. The number of benzene rings is 3. The van der Waals surface area contributed by atoms with Crippen molar-refractivity contribution in [1.82, 2.24) is 0 Å². The molecule has 0 atom stereocenters. The molecule has 0 radical (unpaired) electrons. The van der Waals surface area contributed by atoms with Crippen LogP contribution in [0.15, 0.2) is 78.9 Å². The Hall–Kier alpha value is -3.93. The maximum atomic E-state index is 12.9. The third-order valence-electron chi connectivity index (χ3n) is 4.85. The molecule has 0 aliphatic carbocycles. The molecule has 0 fully saturated rings. The molecule has 0 aliphatic rings. The molecule has 0 aliphatic heterocycles. The second kappa shape index (κ2) is 10.2. The Bertz CT molecular complexity index is 990. The second-order valence-corrected chi connectivity index (χ2v) is 6.91. The third-order valence-corrected chi connectivity index (χ3v) is 4.85. The van der Waals surface area contributed by atoms with E-state index in [1.165, 1.54) is 32.4 Å². The Kier molecular flexibility index (Phi) is 7.17. The molecule has 0 saturated carbocycles. The number of amides is 1. The summed E-state index contributed by atoms with van der Waals surface area (Å²) < 4.78 is 9.48. The minimum Gasteiger partial charge on any atom is -0.465 e. The van der Waals surface area contributed by atoms with Crippen molar-refractivity contribution in [2.24, 2.45) is 0 Å². The zero-order valence-corrected chi connectivity index (χ0v) is 17.3. The number of methoxy groups -OCH3 is 2. The van der Waals surface area contributed by atoms with Gasteiger partial charge in [0.15, 0.2) is 0 Å². The van der Waals surface area contributed by atoms with Gasteiger partial charge in [-0.3, -0.25) is 4.79 Å². The number of anilines is 1. The van der Waals surface area contributed by atoms with E-state index in [2.05, 4.69) is 5.32 Å².